The lowest BCUT2D eigenvalue weighted by Gasteiger charge is -2.01. The zero-order valence-electron chi connectivity index (χ0n) is 10.5. The van der Waals surface area contributed by atoms with E-state index in [1.54, 1.807) is 29.9 Å². The highest BCUT2D eigenvalue weighted by Crippen LogP contribution is 2.23. The first-order valence-electron chi connectivity index (χ1n) is 5.95. The maximum Gasteiger partial charge on any atom is 0.153 e. The minimum atomic E-state index is -0.251. The fourth-order valence-corrected chi connectivity index (χ4v) is 1.88. The summed E-state index contributed by atoms with van der Waals surface area (Å²) in [5.74, 6) is -0.251. The number of aryl methyl sites for hydroxylation is 2. The van der Waals surface area contributed by atoms with E-state index in [4.69, 9.17) is 0 Å². The molecular weight excluding hydrogens is 231 g/mol. The van der Waals surface area contributed by atoms with Gasteiger partial charge in [0.2, 0.25) is 0 Å². The van der Waals surface area contributed by atoms with E-state index >= 15 is 0 Å². The van der Waals surface area contributed by atoms with Crippen LogP contribution < -0.4 is 0 Å². The van der Waals surface area contributed by atoms with Crippen molar-refractivity contribution in [3.63, 3.8) is 0 Å². The van der Waals surface area contributed by atoms with Crippen molar-refractivity contribution in [1.29, 1.82) is 0 Å². The van der Waals surface area contributed by atoms with Gasteiger partial charge in [-0.3, -0.25) is 9.48 Å². The van der Waals surface area contributed by atoms with Crippen LogP contribution in [0.5, 0.6) is 0 Å². The van der Waals surface area contributed by atoms with Gasteiger partial charge in [-0.25, -0.2) is 4.39 Å². The van der Waals surface area contributed by atoms with Gasteiger partial charge < -0.3 is 0 Å². The summed E-state index contributed by atoms with van der Waals surface area (Å²) in [6.45, 7) is 4.51. The summed E-state index contributed by atoms with van der Waals surface area (Å²) in [6, 6.07) is 4.76. The highest BCUT2D eigenvalue weighted by Gasteiger charge is 2.11. The molecule has 2 aromatic rings. The average molecular weight is 246 g/mol. The van der Waals surface area contributed by atoms with Crippen LogP contribution in [0.25, 0.3) is 11.3 Å². The number of nitrogens with zero attached hydrogens (tertiary/aromatic N) is 2. The van der Waals surface area contributed by atoms with E-state index in [-0.39, 0.29) is 5.82 Å². The van der Waals surface area contributed by atoms with E-state index < -0.39 is 0 Å². The topological polar surface area (TPSA) is 34.9 Å². The van der Waals surface area contributed by atoms with Crippen LogP contribution in [0.15, 0.2) is 24.4 Å². The number of aldehydes is 1. The number of hydrogen-bond acceptors (Lipinski definition) is 2. The summed E-state index contributed by atoms with van der Waals surface area (Å²) < 4.78 is 15.0. The predicted octanol–water partition coefficient (Wildman–Crippen LogP) is 3.22. The number of aromatic nitrogens is 2. The molecule has 2 rings (SSSR count). The summed E-state index contributed by atoms with van der Waals surface area (Å²) in [5.41, 5.74) is 2.47. The molecule has 3 nitrogen and oxygen atoms in total. The molecule has 0 unspecified atom stereocenters. The van der Waals surface area contributed by atoms with Gasteiger partial charge >= 0.3 is 0 Å². The van der Waals surface area contributed by atoms with Crippen LogP contribution in [0.4, 0.5) is 4.39 Å². The molecule has 0 aliphatic rings. The summed E-state index contributed by atoms with van der Waals surface area (Å²) >= 11 is 0. The van der Waals surface area contributed by atoms with Crippen LogP contribution in [0.3, 0.4) is 0 Å². The van der Waals surface area contributed by atoms with Gasteiger partial charge in [0.1, 0.15) is 11.5 Å². The molecule has 0 saturated heterocycles. The third kappa shape index (κ3) is 2.32. The van der Waals surface area contributed by atoms with Crippen LogP contribution >= 0.6 is 0 Å². The molecule has 1 heterocycles. The van der Waals surface area contributed by atoms with E-state index in [9.17, 15) is 9.18 Å². The standard InChI is InChI=1S/C14H15FN2O/c1-3-6-17-8-12(9-18)14(16-17)11-4-5-13(15)10(2)7-11/h4-5,7-9H,3,6H2,1-2H3. The molecule has 0 fully saturated rings. The monoisotopic (exact) mass is 246 g/mol. The highest BCUT2D eigenvalue weighted by atomic mass is 19.1. The van der Waals surface area contributed by atoms with Crippen molar-refractivity contribution in [1.82, 2.24) is 9.78 Å². The molecular formula is C14H15FN2O. The van der Waals surface area contributed by atoms with Crippen molar-refractivity contribution < 1.29 is 9.18 Å². The normalized spacial score (nSPS) is 10.6. The van der Waals surface area contributed by atoms with Gasteiger partial charge in [0.15, 0.2) is 6.29 Å². The third-order valence-electron chi connectivity index (χ3n) is 2.80. The van der Waals surface area contributed by atoms with Crippen LogP contribution in [0.2, 0.25) is 0 Å². The lowest BCUT2D eigenvalue weighted by Crippen LogP contribution is -1.96. The zero-order chi connectivity index (χ0) is 13.1. The molecule has 0 bridgehead atoms. The molecule has 1 aromatic heterocycles. The van der Waals surface area contributed by atoms with E-state index in [1.165, 1.54) is 6.07 Å². The van der Waals surface area contributed by atoms with Crippen LogP contribution in [0, 0.1) is 12.7 Å². The minimum absolute atomic E-state index is 0.251. The molecule has 0 N–H and O–H groups in total. The van der Waals surface area contributed by atoms with E-state index in [0.29, 0.717) is 16.8 Å². The van der Waals surface area contributed by atoms with Gasteiger partial charge in [-0.2, -0.15) is 5.10 Å². The number of carbonyl (C=O) groups excluding carboxylic acids is 1. The SMILES string of the molecule is CCCn1cc(C=O)c(-c2ccc(F)c(C)c2)n1. The van der Waals surface area contributed by atoms with E-state index in [0.717, 1.165) is 24.8 Å². The molecule has 0 aliphatic carbocycles. The fourth-order valence-electron chi connectivity index (χ4n) is 1.88. The summed E-state index contributed by atoms with van der Waals surface area (Å²) in [5, 5.41) is 4.37. The average Bonchev–Trinajstić information content (AvgIpc) is 2.76. The number of halogens is 1. The van der Waals surface area contributed by atoms with E-state index in [2.05, 4.69) is 5.10 Å². The van der Waals surface area contributed by atoms with Gasteiger partial charge in [0.05, 0.1) is 5.56 Å². The Labute approximate surface area is 105 Å². The Morgan fingerprint density at radius 3 is 2.83 bits per heavy atom. The summed E-state index contributed by atoms with van der Waals surface area (Å²) in [7, 11) is 0. The Morgan fingerprint density at radius 1 is 1.44 bits per heavy atom. The van der Waals surface area contributed by atoms with Gasteiger partial charge in [0.25, 0.3) is 0 Å². The molecule has 94 valence electrons. The first kappa shape index (κ1) is 12.5. The van der Waals surface area contributed by atoms with Crippen molar-refractivity contribution in [2.45, 2.75) is 26.8 Å². The molecule has 1 aromatic carbocycles. The van der Waals surface area contributed by atoms with Crippen LogP contribution in [-0.2, 0) is 6.54 Å². The van der Waals surface area contributed by atoms with Gasteiger partial charge in [-0.05, 0) is 37.1 Å². The number of hydrogen-bond donors (Lipinski definition) is 0. The Balaban J connectivity index is 2.48. The second-order valence-electron chi connectivity index (χ2n) is 4.28. The summed E-state index contributed by atoms with van der Waals surface area (Å²) in [6.07, 6.45) is 3.46. The largest absolute Gasteiger partial charge is 0.298 e. The Bertz CT molecular complexity index is 575. The van der Waals surface area contributed by atoms with Gasteiger partial charge in [0, 0.05) is 18.3 Å². The number of benzene rings is 1. The third-order valence-corrected chi connectivity index (χ3v) is 2.80. The predicted molar refractivity (Wildman–Crippen MR) is 68.0 cm³/mol. The van der Waals surface area contributed by atoms with E-state index in [1.807, 2.05) is 6.92 Å². The molecule has 0 saturated carbocycles. The highest BCUT2D eigenvalue weighted by molar-refractivity contribution is 5.85. The smallest absolute Gasteiger partial charge is 0.153 e. The maximum absolute atomic E-state index is 13.2. The van der Waals surface area contributed by atoms with Crippen molar-refractivity contribution in [3.05, 3.63) is 41.3 Å². The quantitative estimate of drug-likeness (QED) is 0.776. The van der Waals surface area contributed by atoms with Crippen LogP contribution in [-0.4, -0.2) is 16.1 Å². The Kier molecular flexibility index (Phi) is 3.55. The Morgan fingerprint density at radius 2 is 2.22 bits per heavy atom. The number of rotatable bonds is 4. The molecule has 18 heavy (non-hydrogen) atoms. The van der Waals surface area contributed by atoms with Crippen molar-refractivity contribution in [2.24, 2.45) is 0 Å². The summed E-state index contributed by atoms with van der Waals surface area (Å²) in [4.78, 5) is 11.0. The molecule has 0 amide bonds. The Hall–Kier alpha value is -1.97. The van der Waals surface area contributed by atoms with Crippen LogP contribution in [0.1, 0.15) is 29.3 Å². The van der Waals surface area contributed by atoms with Gasteiger partial charge in [-0.15, -0.1) is 0 Å². The lowest BCUT2D eigenvalue weighted by atomic mass is 10.1. The maximum atomic E-state index is 13.2. The first-order valence-corrected chi connectivity index (χ1v) is 5.95. The lowest BCUT2D eigenvalue weighted by molar-refractivity contribution is 0.112. The molecule has 0 aliphatic heterocycles. The first-order chi connectivity index (χ1) is 8.65. The van der Waals surface area contributed by atoms with Crippen molar-refractivity contribution >= 4 is 6.29 Å². The molecule has 0 atom stereocenters. The zero-order valence-corrected chi connectivity index (χ0v) is 10.5. The van der Waals surface area contributed by atoms with Crippen molar-refractivity contribution in [3.8, 4) is 11.3 Å². The minimum Gasteiger partial charge on any atom is -0.298 e. The second kappa shape index (κ2) is 5.12. The fraction of sp³-hybridized carbons (Fsp3) is 0.286. The van der Waals surface area contributed by atoms with Crippen molar-refractivity contribution in [2.75, 3.05) is 0 Å². The second-order valence-corrected chi connectivity index (χ2v) is 4.28. The van der Waals surface area contributed by atoms with Gasteiger partial charge in [-0.1, -0.05) is 6.92 Å². The molecule has 0 radical (unpaired) electrons. The molecule has 0 spiro atoms. The number of carbonyl (C=O) groups is 1. The molecule has 4 heteroatoms.